The molecule has 0 amide bonds. The fourth-order valence-corrected chi connectivity index (χ4v) is 2.01. The summed E-state index contributed by atoms with van der Waals surface area (Å²) in [7, 11) is 4.00. The van der Waals surface area contributed by atoms with Gasteiger partial charge < -0.3 is 4.57 Å². The highest BCUT2D eigenvalue weighted by molar-refractivity contribution is 5.85. The molecular weight excluding hydrogens is 198 g/mol. The number of aryl methyl sites for hydroxylation is 2. The van der Waals surface area contributed by atoms with E-state index in [1.165, 1.54) is 16.5 Å². The van der Waals surface area contributed by atoms with Crippen LogP contribution in [-0.4, -0.2) is 14.3 Å². The molecule has 0 aliphatic rings. The van der Waals surface area contributed by atoms with Gasteiger partial charge in [-0.25, -0.2) is 0 Å². The van der Waals surface area contributed by atoms with Crippen molar-refractivity contribution in [3.63, 3.8) is 0 Å². The Morgan fingerprint density at radius 1 is 1.06 bits per heavy atom. The zero-order valence-electron chi connectivity index (χ0n) is 9.38. The monoisotopic (exact) mass is 211 g/mol. The molecule has 0 fully saturated rings. The fraction of sp³-hybridized carbons (Fsp3) is 0.154. The molecule has 0 aliphatic carbocycles. The van der Waals surface area contributed by atoms with Crippen molar-refractivity contribution in [2.45, 2.75) is 0 Å². The Hall–Kier alpha value is -2.03. The van der Waals surface area contributed by atoms with E-state index in [-0.39, 0.29) is 0 Å². The van der Waals surface area contributed by atoms with Crippen molar-refractivity contribution < 1.29 is 0 Å². The van der Waals surface area contributed by atoms with E-state index < -0.39 is 0 Å². The van der Waals surface area contributed by atoms with E-state index in [1.54, 1.807) is 0 Å². The van der Waals surface area contributed by atoms with E-state index in [0.29, 0.717) is 0 Å². The van der Waals surface area contributed by atoms with Crippen molar-refractivity contribution >= 4 is 10.9 Å². The van der Waals surface area contributed by atoms with Crippen molar-refractivity contribution in [2.75, 3.05) is 0 Å². The molecule has 0 unspecified atom stereocenters. The van der Waals surface area contributed by atoms with Gasteiger partial charge in [-0.1, -0.05) is 12.1 Å². The van der Waals surface area contributed by atoms with E-state index in [1.807, 2.05) is 24.1 Å². The van der Waals surface area contributed by atoms with E-state index in [4.69, 9.17) is 0 Å². The third-order valence-electron chi connectivity index (χ3n) is 2.93. The van der Waals surface area contributed by atoms with Gasteiger partial charge in [0, 0.05) is 37.6 Å². The Labute approximate surface area is 93.9 Å². The molecule has 2 heterocycles. The molecule has 0 spiro atoms. The Kier molecular flexibility index (Phi) is 1.86. The maximum Gasteiger partial charge on any atom is 0.0568 e. The lowest BCUT2D eigenvalue weighted by atomic mass is 10.1. The summed E-state index contributed by atoms with van der Waals surface area (Å²) in [6.07, 6.45) is 6.01. The zero-order chi connectivity index (χ0) is 11.1. The van der Waals surface area contributed by atoms with Crippen molar-refractivity contribution in [1.29, 1.82) is 0 Å². The molecule has 1 aromatic carbocycles. The predicted molar refractivity (Wildman–Crippen MR) is 65.1 cm³/mol. The molecular formula is C13H13N3. The first-order valence-corrected chi connectivity index (χ1v) is 5.28. The van der Waals surface area contributed by atoms with E-state index >= 15 is 0 Å². The van der Waals surface area contributed by atoms with Crippen LogP contribution in [0, 0.1) is 0 Å². The standard InChI is InChI=1S/C13H13N3/c1-15-6-5-10-3-4-11(7-13(10)15)12-8-14-16(2)9-12/h3-9H,1-2H3. The molecule has 3 aromatic rings. The van der Waals surface area contributed by atoms with Gasteiger partial charge in [0.05, 0.1) is 6.20 Å². The molecule has 3 heteroatoms. The van der Waals surface area contributed by atoms with Gasteiger partial charge in [-0.15, -0.1) is 0 Å². The van der Waals surface area contributed by atoms with E-state index in [2.05, 4.69) is 47.2 Å². The average molecular weight is 211 g/mol. The summed E-state index contributed by atoms with van der Waals surface area (Å²) in [5, 5.41) is 5.47. The maximum atomic E-state index is 4.19. The van der Waals surface area contributed by atoms with Crippen LogP contribution in [0.1, 0.15) is 0 Å². The second-order valence-corrected chi connectivity index (χ2v) is 4.10. The van der Waals surface area contributed by atoms with Crippen LogP contribution in [0.5, 0.6) is 0 Å². The number of rotatable bonds is 1. The minimum Gasteiger partial charge on any atom is -0.351 e. The number of hydrogen-bond donors (Lipinski definition) is 0. The third-order valence-corrected chi connectivity index (χ3v) is 2.93. The first-order valence-electron chi connectivity index (χ1n) is 5.28. The van der Waals surface area contributed by atoms with Crippen LogP contribution in [0.15, 0.2) is 42.9 Å². The Morgan fingerprint density at radius 2 is 1.94 bits per heavy atom. The lowest BCUT2D eigenvalue weighted by Crippen LogP contribution is -1.85. The van der Waals surface area contributed by atoms with Crippen molar-refractivity contribution in [1.82, 2.24) is 14.3 Å². The van der Waals surface area contributed by atoms with Crippen LogP contribution in [0.25, 0.3) is 22.0 Å². The molecule has 3 rings (SSSR count). The van der Waals surface area contributed by atoms with Gasteiger partial charge in [-0.2, -0.15) is 5.10 Å². The smallest absolute Gasteiger partial charge is 0.0568 e. The van der Waals surface area contributed by atoms with Crippen molar-refractivity contribution in [3.05, 3.63) is 42.9 Å². The molecule has 0 saturated heterocycles. The average Bonchev–Trinajstić information content (AvgIpc) is 2.86. The van der Waals surface area contributed by atoms with Crippen molar-refractivity contribution in [3.8, 4) is 11.1 Å². The molecule has 2 aromatic heterocycles. The van der Waals surface area contributed by atoms with Crippen LogP contribution < -0.4 is 0 Å². The minimum absolute atomic E-state index is 1.16. The fourth-order valence-electron chi connectivity index (χ4n) is 2.01. The first-order chi connectivity index (χ1) is 7.74. The summed E-state index contributed by atoms with van der Waals surface area (Å²) < 4.78 is 3.96. The largest absolute Gasteiger partial charge is 0.351 e. The normalized spacial score (nSPS) is 11.1. The number of aromatic nitrogens is 3. The summed E-state index contributed by atoms with van der Waals surface area (Å²) in [5.41, 5.74) is 3.62. The first kappa shape index (κ1) is 9.21. The summed E-state index contributed by atoms with van der Waals surface area (Å²) in [4.78, 5) is 0. The summed E-state index contributed by atoms with van der Waals surface area (Å²) in [6.45, 7) is 0. The highest BCUT2D eigenvalue weighted by Crippen LogP contribution is 2.24. The summed E-state index contributed by atoms with van der Waals surface area (Å²) in [5.74, 6) is 0. The Morgan fingerprint density at radius 3 is 2.69 bits per heavy atom. The SMILES string of the molecule is Cn1cc(-c2ccc3ccn(C)c3c2)cn1. The molecule has 0 atom stereocenters. The molecule has 0 aliphatic heterocycles. The minimum atomic E-state index is 1.16. The van der Waals surface area contributed by atoms with Crippen LogP contribution in [0.3, 0.4) is 0 Å². The third kappa shape index (κ3) is 1.33. The molecule has 0 radical (unpaired) electrons. The molecule has 0 N–H and O–H groups in total. The van der Waals surface area contributed by atoms with Gasteiger partial charge in [-0.3, -0.25) is 4.68 Å². The van der Waals surface area contributed by atoms with Crippen LogP contribution in [-0.2, 0) is 14.1 Å². The molecule has 80 valence electrons. The number of benzene rings is 1. The number of nitrogens with zero attached hydrogens (tertiary/aromatic N) is 3. The second-order valence-electron chi connectivity index (χ2n) is 4.10. The van der Waals surface area contributed by atoms with Crippen LogP contribution in [0.2, 0.25) is 0 Å². The van der Waals surface area contributed by atoms with E-state index in [0.717, 1.165) is 5.56 Å². The van der Waals surface area contributed by atoms with Crippen LogP contribution in [0.4, 0.5) is 0 Å². The highest BCUT2D eigenvalue weighted by atomic mass is 15.2. The molecule has 3 nitrogen and oxygen atoms in total. The number of fused-ring (bicyclic) bond motifs is 1. The van der Waals surface area contributed by atoms with Crippen molar-refractivity contribution in [2.24, 2.45) is 14.1 Å². The Bertz CT molecular complexity index is 646. The molecule has 0 bridgehead atoms. The summed E-state index contributed by atoms with van der Waals surface area (Å²) >= 11 is 0. The second kappa shape index (κ2) is 3.23. The lowest BCUT2D eigenvalue weighted by molar-refractivity contribution is 0.768. The molecule has 0 saturated carbocycles. The molecule has 16 heavy (non-hydrogen) atoms. The van der Waals surface area contributed by atoms with Gasteiger partial charge in [0.2, 0.25) is 0 Å². The summed E-state index contributed by atoms with van der Waals surface area (Å²) in [6, 6.07) is 8.62. The quantitative estimate of drug-likeness (QED) is 0.606. The van der Waals surface area contributed by atoms with Gasteiger partial charge >= 0.3 is 0 Å². The van der Waals surface area contributed by atoms with E-state index in [9.17, 15) is 0 Å². The topological polar surface area (TPSA) is 22.8 Å². The highest BCUT2D eigenvalue weighted by Gasteiger charge is 2.03. The zero-order valence-corrected chi connectivity index (χ0v) is 9.38. The van der Waals surface area contributed by atoms with Crippen LogP contribution >= 0.6 is 0 Å². The predicted octanol–water partition coefficient (Wildman–Crippen LogP) is 2.58. The van der Waals surface area contributed by atoms with Gasteiger partial charge in [-0.05, 0) is 23.1 Å². The van der Waals surface area contributed by atoms with Gasteiger partial charge in [0.15, 0.2) is 0 Å². The maximum absolute atomic E-state index is 4.19. The lowest BCUT2D eigenvalue weighted by Gasteiger charge is -2.00. The van der Waals surface area contributed by atoms with Gasteiger partial charge in [0.1, 0.15) is 0 Å². The Balaban J connectivity index is 2.21. The number of hydrogen-bond acceptors (Lipinski definition) is 1. The van der Waals surface area contributed by atoms with Gasteiger partial charge in [0.25, 0.3) is 0 Å².